The number of non-ortho nitro benzene ring substituents is 1. The molecule has 0 saturated carbocycles. The molecule has 0 bridgehead atoms. The number of aliphatic hydroxyl groups excluding tert-OH is 1. The molecule has 0 aliphatic carbocycles. The standard InChI is InChI=1S/C21H12F2N2O5S/c22-12-5-8-15(14(23)10-12)24-18(16-2-1-9-31-16)17(20(27)21(24)28)19(26)11-3-6-13(7-4-11)25(29)30/h1-10,18,26H/b19-17-. The molecule has 1 unspecified atom stereocenters. The summed E-state index contributed by atoms with van der Waals surface area (Å²) in [5.41, 5.74) is -0.764. The summed E-state index contributed by atoms with van der Waals surface area (Å²) in [6.45, 7) is 0. The number of nitrogens with zero attached hydrogens (tertiary/aromatic N) is 2. The highest BCUT2D eigenvalue weighted by Gasteiger charge is 2.48. The van der Waals surface area contributed by atoms with Gasteiger partial charge in [-0.1, -0.05) is 6.07 Å². The second-order valence-corrected chi connectivity index (χ2v) is 7.56. The Bertz CT molecular complexity index is 1240. The van der Waals surface area contributed by atoms with Gasteiger partial charge in [0.1, 0.15) is 23.4 Å². The Morgan fingerprint density at radius 2 is 1.81 bits per heavy atom. The molecule has 10 heteroatoms. The maximum absolute atomic E-state index is 14.5. The van der Waals surface area contributed by atoms with Gasteiger partial charge >= 0.3 is 0 Å². The van der Waals surface area contributed by atoms with Crippen LogP contribution in [0, 0.1) is 21.7 Å². The molecular formula is C21H12F2N2O5S. The molecule has 0 radical (unpaired) electrons. The molecule has 156 valence electrons. The summed E-state index contributed by atoms with van der Waals surface area (Å²) in [6.07, 6.45) is 0. The molecular weight excluding hydrogens is 430 g/mol. The summed E-state index contributed by atoms with van der Waals surface area (Å²) in [6, 6.07) is 9.48. The molecule has 1 N–H and O–H groups in total. The Kier molecular flexibility index (Phi) is 5.07. The van der Waals surface area contributed by atoms with Gasteiger partial charge in [0.15, 0.2) is 0 Å². The van der Waals surface area contributed by atoms with Crippen LogP contribution in [0.15, 0.2) is 65.6 Å². The molecule has 3 aromatic rings. The van der Waals surface area contributed by atoms with Gasteiger partial charge in [-0.3, -0.25) is 24.6 Å². The van der Waals surface area contributed by atoms with E-state index in [9.17, 15) is 33.6 Å². The molecule has 1 amide bonds. The van der Waals surface area contributed by atoms with Crippen LogP contribution >= 0.6 is 11.3 Å². The van der Waals surface area contributed by atoms with Crippen molar-refractivity contribution in [3.63, 3.8) is 0 Å². The fourth-order valence-electron chi connectivity index (χ4n) is 3.37. The number of hydrogen-bond donors (Lipinski definition) is 1. The lowest BCUT2D eigenvalue weighted by Gasteiger charge is -2.24. The van der Waals surface area contributed by atoms with E-state index >= 15 is 0 Å². The highest BCUT2D eigenvalue weighted by molar-refractivity contribution is 7.10. The van der Waals surface area contributed by atoms with Crippen LogP contribution in [0.5, 0.6) is 0 Å². The van der Waals surface area contributed by atoms with Crippen molar-refractivity contribution in [3.8, 4) is 0 Å². The fourth-order valence-corrected chi connectivity index (χ4v) is 4.19. The average molecular weight is 442 g/mol. The van der Waals surface area contributed by atoms with Crippen molar-refractivity contribution in [2.75, 3.05) is 4.90 Å². The van der Waals surface area contributed by atoms with Crippen LogP contribution < -0.4 is 4.90 Å². The van der Waals surface area contributed by atoms with Crippen molar-refractivity contribution in [2.45, 2.75) is 6.04 Å². The summed E-state index contributed by atoms with van der Waals surface area (Å²) >= 11 is 1.18. The zero-order valence-corrected chi connectivity index (χ0v) is 16.3. The van der Waals surface area contributed by atoms with Crippen molar-refractivity contribution < 1.29 is 28.4 Å². The quantitative estimate of drug-likeness (QED) is 0.210. The Morgan fingerprint density at radius 1 is 1.10 bits per heavy atom. The van der Waals surface area contributed by atoms with Crippen LogP contribution in [0.2, 0.25) is 0 Å². The molecule has 0 spiro atoms. The summed E-state index contributed by atoms with van der Waals surface area (Å²) < 4.78 is 27.9. The lowest BCUT2D eigenvalue weighted by molar-refractivity contribution is -0.384. The smallest absolute Gasteiger partial charge is 0.300 e. The Balaban J connectivity index is 1.90. The van der Waals surface area contributed by atoms with Gasteiger partial charge in [0.25, 0.3) is 17.4 Å². The lowest BCUT2D eigenvalue weighted by atomic mass is 9.99. The maximum atomic E-state index is 14.5. The number of Topliss-reactive ketones (excluding diaryl/α,β-unsaturated/α-hetero) is 1. The second kappa shape index (κ2) is 7.73. The Morgan fingerprint density at radius 3 is 2.39 bits per heavy atom. The summed E-state index contributed by atoms with van der Waals surface area (Å²) in [7, 11) is 0. The topological polar surface area (TPSA) is 101 Å². The zero-order valence-electron chi connectivity index (χ0n) is 15.5. The van der Waals surface area contributed by atoms with Crippen molar-refractivity contribution in [2.24, 2.45) is 0 Å². The first kappa shape index (κ1) is 20.4. The summed E-state index contributed by atoms with van der Waals surface area (Å²) in [5, 5.41) is 23.4. The number of carbonyl (C=O) groups is 2. The van der Waals surface area contributed by atoms with Crippen LogP contribution in [0.1, 0.15) is 16.5 Å². The van der Waals surface area contributed by atoms with E-state index in [-0.39, 0.29) is 22.5 Å². The molecule has 1 saturated heterocycles. The number of hydrogen-bond acceptors (Lipinski definition) is 6. The first-order valence-corrected chi connectivity index (χ1v) is 9.72. The van der Waals surface area contributed by atoms with Crippen LogP contribution in [-0.2, 0) is 9.59 Å². The third-order valence-electron chi connectivity index (χ3n) is 4.78. The molecule has 1 fully saturated rings. The summed E-state index contributed by atoms with van der Waals surface area (Å²) in [5.74, 6) is -4.60. The second-order valence-electron chi connectivity index (χ2n) is 6.58. The lowest BCUT2D eigenvalue weighted by Crippen LogP contribution is -2.30. The number of halogens is 2. The number of benzene rings is 2. The van der Waals surface area contributed by atoms with Gasteiger partial charge in [-0.15, -0.1) is 11.3 Å². The number of rotatable bonds is 4. The van der Waals surface area contributed by atoms with Gasteiger partial charge in [-0.2, -0.15) is 0 Å². The highest BCUT2D eigenvalue weighted by Crippen LogP contribution is 2.44. The number of ketones is 1. The molecule has 2 heterocycles. The number of thiophene rings is 1. The minimum atomic E-state index is -1.16. The van der Waals surface area contributed by atoms with Crippen molar-refractivity contribution in [3.05, 3.63) is 97.7 Å². The Hall–Kier alpha value is -3.92. The largest absolute Gasteiger partial charge is 0.507 e. The molecule has 1 aliphatic rings. The van der Waals surface area contributed by atoms with Gasteiger partial charge in [-0.25, -0.2) is 8.78 Å². The molecule has 1 aliphatic heterocycles. The van der Waals surface area contributed by atoms with E-state index in [1.807, 2.05) is 0 Å². The minimum absolute atomic E-state index is 0.0738. The average Bonchev–Trinajstić information content (AvgIpc) is 3.35. The Labute approximate surface area is 177 Å². The first-order chi connectivity index (χ1) is 14.8. The van der Waals surface area contributed by atoms with E-state index < -0.39 is 40.0 Å². The van der Waals surface area contributed by atoms with Crippen LogP contribution in [0.3, 0.4) is 0 Å². The van der Waals surface area contributed by atoms with Gasteiger partial charge in [-0.05, 0) is 35.7 Å². The van der Waals surface area contributed by atoms with E-state index in [2.05, 4.69) is 0 Å². The highest BCUT2D eigenvalue weighted by atomic mass is 32.1. The monoisotopic (exact) mass is 442 g/mol. The van der Waals surface area contributed by atoms with E-state index in [4.69, 9.17) is 0 Å². The fraction of sp³-hybridized carbons (Fsp3) is 0.0476. The van der Waals surface area contributed by atoms with E-state index in [0.29, 0.717) is 10.9 Å². The van der Waals surface area contributed by atoms with Gasteiger partial charge < -0.3 is 5.11 Å². The van der Waals surface area contributed by atoms with Gasteiger partial charge in [0, 0.05) is 28.6 Å². The van der Waals surface area contributed by atoms with Gasteiger partial charge in [0.2, 0.25) is 0 Å². The molecule has 31 heavy (non-hydrogen) atoms. The number of nitro benzene ring substituents is 1. The number of amides is 1. The third kappa shape index (κ3) is 3.46. The number of nitro groups is 1. The third-order valence-corrected chi connectivity index (χ3v) is 5.70. The molecule has 7 nitrogen and oxygen atoms in total. The molecule has 2 aromatic carbocycles. The van der Waals surface area contributed by atoms with Crippen molar-refractivity contribution in [1.82, 2.24) is 0 Å². The van der Waals surface area contributed by atoms with Crippen molar-refractivity contribution >= 4 is 40.2 Å². The predicted octanol–water partition coefficient (Wildman–Crippen LogP) is 4.56. The van der Waals surface area contributed by atoms with Crippen LogP contribution in [-0.4, -0.2) is 21.7 Å². The normalized spacial score (nSPS) is 17.9. The number of carbonyl (C=O) groups excluding carboxylic acids is 2. The SMILES string of the molecule is O=C1C(=O)N(c2ccc(F)cc2F)C(c2cccs2)/C1=C(/O)c1ccc([N+](=O)[O-])cc1. The maximum Gasteiger partial charge on any atom is 0.300 e. The number of aliphatic hydroxyl groups is 1. The number of anilines is 1. The van der Waals surface area contributed by atoms with Crippen molar-refractivity contribution in [1.29, 1.82) is 0 Å². The van der Waals surface area contributed by atoms with E-state index in [1.165, 1.54) is 23.5 Å². The molecule has 4 rings (SSSR count). The summed E-state index contributed by atoms with van der Waals surface area (Å²) in [4.78, 5) is 37.3. The molecule has 1 atom stereocenters. The minimum Gasteiger partial charge on any atom is -0.507 e. The predicted molar refractivity (Wildman–Crippen MR) is 109 cm³/mol. The van der Waals surface area contributed by atoms with E-state index in [0.717, 1.165) is 29.2 Å². The van der Waals surface area contributed by atoms with Crippen LogP contribution in [0.25, 0.3) is 5.76 Å². The molecule has 1 aromatic heterocycles. The van der Waals surface area contributed by atoms with E-state index in [1.54, 1.807) is 17.5 Å². The zero-order chi connectivity index (χ0) is 22.3. The first-order valence-electron chi connectivity index (χ1n) is 8.84. The van der Waals surface area contributed by atoms with Crippen LogP contribution in [0.4, 0.5) is 20.2 Å². The van der Waals surface area contributed by atoms with Gasteiger partial charge in [0.05, 0.1) is 16.2 Å².